The Hall–Kier alpha value is -2.76. The molecular weight excluding hydrogens is 342 g/mol. The van der Waals surface area contributed by atoms with Gasteiger partial charge in [-0.3, -0.25) is 9.78 Å². The normalized spacial score (nSPS) is 14.2. The van der Waals surface area contributed by atoms with Gasteiger partial charge in [-0.25, -0.2) is 0 Å². The van der Waals surface area contributed by atoms with Crippen molar-refractivity contribution in [2.45, 2.75) is 20.3 Å². The molecule has 1 saturated heterocycles. The first-order chi connectivity index (χ1) is 13.0. The average Bonchev–Trinajstić information content (AvgIpc) is 2.67. The van der Waals surface area contributed by atoms with Gasteiger partial charge in [0, 0.05) is 48.8 Å². The Morgan fingerprint density at radius 1 is 1.00 bits per heavy atom. The third-order valence-electron chi connectivity index (χ3n) is 4.89. The molecule has 6 nitrogen and oxygen atoms in total. The molecule has 0 bridgehead atoms. The number of aryl methyl sites for hydroxylation is 2. The molecule has 3 rings (SSSR count). The zero-order chi connectivity index (χ0) is 19.4. The van der Waals surface area contributed by atoms with Crippen molar-refractivity contribution in [2.75, 3.05) is 45.3 Å². The number of methoxy groups -OCH3 is 2. The molecule has 1 fully saturated rings. The standard InChI is InChI=1S/C21H27N3O3/c1-15-11-18(12-16(2)22-15)23-7-9-24(10-8-23)21(25)14-17-13-19(26-3)5-6-20(17)27-4/h5-6,11-13H,7-10,14H2,1-4H3. The van der Waals surface area contributed by atoms with Crippen molar-refractivity contribution in [2.24, 2.45) is 0 Å². The highest BCUT2D eigenvalue weighted by Crippen LogP contribution is 2.25. The summed E-state index contributed by atoms with van der Waals surface area (Å²) in [4.78, 5) is 21.5. The molecule has 0 atom stereocenters. The van der Waals surface area contributed by atoms with Crippen LogP contribution in [0.4, 0.5) is 5.69 Å². The van der Waals surface area contributed by atoms with Gasteiger partial charge in [0.15, 0.2) is 0 Å². The van der Waals surface area contributed by atoms with Crippen molar-refractivity contribution in [1.82, 2.24) is 9.88 Å². The smallest absolute Gasteiger partial charge is 0.227 e. The van der Waals surface area contributed by atoms with Crippen LogP contribution < -0.4 is 14.4 Å². The number of hydrogen-bond donors (Lipinski definition) is 0. The molecule has 0 N–H and O–H groups in total. The quantitative estimate of drug-likeness (QED) is 0.811. The highest BCUT2D eigenvalue weighted by molar-refractivity contribution is 5.80. The average molecular weight is 369 g/mol. The Morgan fingerprint density at radius 2 is 1.67 bits per heavy atom. The molecule has 1 aromatic carbocycles. The topological polar surface area (TPSA) is 54.9 Å². The van der Waals surface area contributed by atoms with Crippen LogP contribution in [0.25, 0.3) is 0 Å². The van der Waals surface area contributed by atoms with Gasteiger partial charge in [0.05, 0.1) is 20.6 Å². The van der Waals surface area contributed by atoms with Crippen molar-refractivity contribution >= 4 is 11.6 Å². The lowest BCUT2D eigenvalue weighted by Gasteiger charge is -2.36. The number of amides is 1. The number of piperazine rings is 1. The number of carbonyl (C=O) groups excluding carboxylic acids is 1. The maximum absolute atomic E-state index is 12.8. The van der Waals surface area contributed by atoms with Gasteiger partial charge >= 0.3 is 0 Å². The van der Waals surface area contributed by atoms with E-state index in [2.05, 4.69) is 22.0 Å². The summed E-state index contributed by atoms with van der Waals surface area (Å²) in [6, 6.07) is 9.75. The lowest BCUT2D eigenvalue weighted by atomic mass is 10.1. The Morgan fingerprint density at radius 3 is 2.26 bits per heavy atom. The number of pyridine rings is 1. The molecule has 0 saturated carbocycles. The molecule has 0 aliphatic carbocycles. The van der Waals surface area contributed by atoms with Crippen molar-refractivity contribution in [3.8, 4) is 11.5 Å². The first kappa shape index (κ1) is 19.0. The highest BCUT2D eigenvalue weighted by Gasteiger charge is 2.23. The fraction of sp³-hybridized carbons (Fsp3) is 0.429. The van der Waals surface area contributed by atoms with E-state index in [0.29, 0.717) is 25.3 Å². The van der Waals surface area contributed by atoms with Crippen LogP contribution in [0.3, 0.4) is 0 Å². The Balaban J connectivity index is 1.63. The predicted molar refractivity (Wildman–Crippen MR) is 106 cm³/mol. The van der Waals surface area contributed by atoms with Crippen molar-refractivity contribution in [3.05, 3.63) is 47.3 Å². The third-order valence-corrected chi connectivity index (χ3v) is 4.89. The minimum absolute atomic E-state index is 0.114. The molecule has 1 amide bonds. The molecule has 144 valence electrons. The Kier molecular flexibility index (Phi) is 5.84. The number of ether oxygens (including phenoxy) is 2. The third kappa shape index (κ3) is 4.51. The SMILES string of the molecule is COc1ccc(OC)c(CC(=O)N2CCN(c3cc(C)nc(C)c3)CC2)c1. The number of rotatable bonds is 5. The monoisotopic (exact) mass is 369 g/mol. The molecule has 6 heteroatoms. The number of anilines is 1. The van der Waals surface area contributed by atoms with Crippen LogP contribution in [-0.4, -0.2) is 56.2 Å². The number of benzene rings is 1. The van der Waals surface area contributed by atoms with Crippen LogP contribution in [-0.2, 0) is 11.2 Å². The van der Waals surface area contributed by atoms with E-state index in [1.807, 2.05) is 36.9 Å². The predicted octanol–water partition coefficient (Wildman–Crippen LogP) is 2.61. The van der Waals surface area contributed by atoms with E-state index in [0.717, 1.165) is 35.8 Å². The zero-order valence-corrected chi connectivity index (χ0v) is 16.5. The molecule has 1 aliphatic rings. The first-order valence-electron chi connectivity index (χ1n) is 9.19. The van der Waals surface area contributed by atoms with Gasteiger partial charge in [0.25, 0.3) is 0 Å². The van der Waals surface area contributed by atoms with Crippen LogP contribution >= 0.6 is 0 Å². The van der Waals surface area contributed by atoms with E-state index in [1.165, 1.54) is 5.69 Å². The summed E-state index contributed by atoms with van der Waals surface area (Å²) in [7, 11) is 3.24. The van der Waals surface area contributed by atoms with Crippen molar-refractivity contribution in [1.29, 1.82) is 0 Å². The molecule has 1 aromatic heterocycles. The second-order valence-electron chi connectivity index (χ2n) is 6.83. The van der Waals surface area contributed by atoms with Crippen LogP contribution in [0.15, 0.2) is 30.3 Å². The molecule has 1 aliphatic heterocycles. The number of hydrogen-bond acceptors (Lipinski definition) is 5. The lowest BCUT2D eigenvalue weighted by molar-refractivity contribution is -0.130. The molecule has 2 heterocycles. The van der Waals surface area contributed by atoms with Gasteiger partial charge in [0.2, 0.25) is 5.91 Å². The highest BCUT2D eigenvalue weighted by atomic mass is 16.5. The summed E-state index contributed by atoms with van der Waals surface area (Å²) in [5.74, 6) is 1.56. The molecule has 0 spiro atoms. The van der Waals surface area contributed by atoms with E-state index in [4.69, 9.17) is 9.47 Å². The van der Waals surface area contributed by atoms with E-state index >= 15 is 0 Å². The summed E-state index contributed by atoms with van der Waals surface area (Å²) in [6.07, 6.45) is 0.313. The summed E-state index contributed by atoms with van der Waals surface area (Å²) >= 11 is 0. The summed E-state index contributed by atoms with van der Waals surface area (Å²) in [6.45, 7) is 7.10. The van der Waals surface area contributed by atoms with Gasteiger partial charge < -0.3 is 19.3 Å². The van der Waals surface area contributed by atoms with Crippen molar-refractivity contribution < 1.29 is 14.3 Å². The molecular formula is C21H27N3O3. The second-order valence-corrected chi connectivity index (χ2v) is 6.83. The van der Waals surface area contributed by atoms with E-state index in [-0.39, 0.29) is 5.91 Å². The maximum Gasteiger partial charge on any atom is 0.227 e. The maximum atomic E-state index is 12.8. The number of nitrogens with zero attached hydrogens (tertiary/aromatic N) is 3. The van der Waals surface area contributed by atoms with Crippen LogP contribution in [0.1, 0.15) is 17.0 Å². The molecule has 0 unspecified atom stereocenters. The number of aromatic nitrogens is 1. The fourth-order valence-corrected chi connectivity index (χ4v) is 3.50. The van der Waals surface area contributed by atoms with Gasteiger partial charge in [-0.2, -0.15) is 0 Å². The Bertz CT molecular complexity index is 794. The minimum atomic E-state index is 0.114. The summed E-state index contributed by atoms with van der Waals surface area (Å²) in [5, 5.41) is 0. The first-order valence-corrected chi connectivity index (χ1v) is 9.19. The molecule has 2 aromatic rings. The van der Waals surface area contributed by atoms with Gasteiger partial charge in [-0.05, 0) is 44.2 Å². The van der Waals surface area contributed by atoms with Gasteiger partial charge in [-0.1, -0.05) is 0 Å². The number of carbonyl (C=O) groups is 1. The van der Waals surface area contributed by atoms with Crippen LogP contribution in [0, 0.1) is 13.8 Å². The van der Waals surface area contributed by atoms with E-state index in [9.17, 15) is 4.79 Å². The summed E-state index contributed by atoms with van der Waals surface area (Å²) in [5.41, 5.74) is 4.08. The minimum Gasteiger partial charge on any atom is -0.497 e. The van der Waals surface area contributed by atoms with Crippen LogP contribution in [0.2, 0.25) is 0 Å². The van der Waals surface area contributed by atoms with Gasteiger partial charge in [-0.15, -0.1) is 0 Å². The second kappa shape index (κ2) is 8.29. The fourth-order valence-electron chi connectivity index (χ4n) is 3.50. The van der Waals surface area contributed by atoms with Crippen LogP contribution in [0.5, 0.6) is 11.5 Å². The Labute approximate surface area is 160 Å². The lowest BCUT2D eigenvalue weighted by Crippen LogP contribution is -2.49. The summed E-state index contributed by atoms with van der Waals surface area (Å²) < 4.78 is 10.7. The largest absolute Gasteiger partial charge is 0.497 e. The van der Waals surface area contributed by atoms with Gasteiger partial charge in [0.1, 0.15) is 11.5 Å². The van der Waals surface area contributed by atoms with E-state index in [1.54, 1.807) is 14.2 Å². The van der Waals surface area contributed by atoms with Crippen molar-refractivity contribution in [3.63, 3.8) is 0 Å². The molecule has 0 radical (unpaired) electrons. The zero-order valence-electron chi connectivity index (χ0n) is 16.5. The van der Waals surface area contributed by atoms with E-state index < -0.39 is 0 Å². The molecule has 27 heavy (non-hydrogen) atoms.